The van der Waals surface area contributed by atoms with Crippen LogP contribution in [-0.4, -0.2) is 49.8 Å². The Bertz CT molecular complexity index is 1280. The number of aryl methyl sites for hydroxylation is 1. The summed E-state index contributed by atoms with van der Waals surface area (Å²) in [4.78, 5) is 41.9. The Labute approximate surface area is 212 Å². The smallest absolute Gasteiger partial charge is 0.313 e. The van der Waals surface area contributed by atoms with Gasteiger partial charge in [-0.15, -0.1) is 0 Å². The van der Waals surface area contributed by atoms with Crippen molar-refractivity contribution in [1.29, 1.82) is 0 Å². The SMILES string of the molecule is CC(C)C(=O)N1CCCc2ccc(NC(=O)C(=O)NCC(c3cccc4ccccc34)N(C)C)cc21. The molecule has 0 radical (unpaired) electrons. The van der Waals surface area contributed by atoms with E-state index in [1.165, 1.54) is 0 Å². The first-order chi connectivity index (χ1) is 17.3. The van der Waals surface area contributed by atoms with Gasteiger partial charge in [-0.1, -0.05) is 62.4 Å². The molecule has 3 aromatic carbocycles. The van der Waals surface area contributed by atoms with E-state index < -0.39 is 11.8 Å². The molecule has 4 rings (SSSR count). The van der Waals surface area contributed by atoms with E-state index in [0.29, 0.717) is 12.2 Å². The molecule has 0 fully saturated rings. The van der Waals surface area contributed by atoms with Crippen LogP contribution in [-0.2, 0) is 20.8 Å². The summed E-state index contributed by atoms with van der Waals surface area (Å²) < 4.78 is 0. The predicted octanol–water partition coefficient (Wildman–Crippen LogP) is 4.13. The fourth-order valence-electron chi connectivity index (χ4n) is 4.76. The monoisotopic (exact) mass is 486 g/mol. The van der Waals surface area contributed by atoms with Crippen LogP contribution in [0.15, 0.2) is 60.7 Å². The van der Waals surface area contributed by atoms with E-state index in [4.69, 9.17) is 0 Å². The second-order valence-electron chi connectivity index (χ2n) is 9.80. The minimum atomic E-state index is -0.733. The van der Waals surface area contributed by atoms with Crippen LogP contribution in [0.3, 0.4) is 0 Å². The number of fused-ring (bicyclic) bond motifs is 2. The van der Waals surface area contributed by atoms with E-state index in [1.54, 1.807) is 17.0 Å². The van der Waals surface area contributed by atoms with Crippen molar-refractivity contribution in [3.8, 4) is 0 Å². The molecule has 1 unspecified atom stereocenters. The van der Waals surface area contributed by atoms with Gasteiger partial charge in [-0.3, -0.25) is 14.4 Å². The minimum Gasteiger partial charge on any atom is -0.346 e. The molecule has 0 bridgehead atoms. The van der Waals surface area contributed by atoms with Crippen molar-refractivity contribution >= 4 is 39.9 Å². The Morgan fingerprint density at radius 2 is 1.72 bits per heavy atom. The van der Waals surface area contributed by atoms with Gasteiger partial charge in [0.15, 0.2) is 0 Å². The Balaban J connectivity index is 1.45. The van der Waals surface area contributed by atoms with Crippen LogP contribution < -0.4 is 15.5 Å². The molecule has 0 aliphatic carbocycles. The number of amides is 3. The maximum absolute atomic E-state index is 12.7. The largest absolute Gasteiger partial charge is 0.346 e. The first kappa shape index (κ1) is 25.4. The minimum absolute atomic E-state index is 0.0559. The summed E-state index contributed by atoms with van der Waals surface area (Å²) in [7, 11) is 3.91. The molecule has 0 saturated heterocycles. The lowest BCUT2D eigenvalue weighted by Gasteiger charge is -2.31. The van der Waals surface area contributed by atoms with Gasteiger partial charge in [-0.05, 0) is 61.0 Å². The van der Waals surface area contributed by atoms with E-state index in [-0.39, 0.29) is 24.4 Å². The van der Waals surface area contributed by atoms with Crippen LogP contribution in [0.1, 0.15) is 37.4 Å². The van der Waals surface area contributed by atoms with Crippen LogP contribution in [0.4, 0.5) is 11.4 Å². The number of likely N-dealkylation sites (N-methyl/N-ethyl adjacent to an activating group) is 1. The number of hydrogen-bond acceptors (Lipinski definition) is 4. The van der Waals surface area contributed by atoms with E-state index in [9.17, 15) is 14.4 Å². The number of nitrogens with one attached hydrogen (secondary N) is 2. The van der Waals surface area contributed by atoms with Gasteiger partial charge in [-0.25, -0.2) is 0 Å². The zero-order valence-electron chi connectivity index (χ0n) is 21.4. The van der Waals surface area contributed by atoms with Gasteiger partial charge in [0.2, 0.25) is 5.91 Å². The van der Waals surface area contributed by atoms with Crippen LogP contribution in [0.2, 0.25) is 0 Å². The van der Waals surface area contributed by atoms with Crippen molar-refractivity contribution in [3.63, 3.8) is 0 Å². The van der Waals surface area contributed by atoms with Crippen molar-refractivity contribution in [2.45, 2.75) is 32.7 Å². The maximum Gasteiger partial charge on any atom is 0.313 e. The number of benzene rings is 3. The normalized spacial score (nSPS) is 14.0. The molecule has 1 aliphatic rings. The van der Waals surface area contributed by atoms with Gasteiger partial charge in [0.25, 0.3) is 0 Å². The first-order valence-corrected chi connectivity index (χ1v) is 12.4. The summed E-state index contributed by atoms with van der Waals surface area (Å²) in [5, 5.41) is 7.74. The van der Waals surface area contributed by atoms with Gasteiger partial charge in [0.05, 0.1) is 6.04 Å². The zero-order valence-corrected chi connectivity index (χ0v) is 21.4. The van der Waals surface area contributed by atoms with Gasteiger partial charge >= 0.3 is 11.8 Å². The van der Waals surface area contributed by atoms with Gasteiger partial charge in [-0.2, -0.15) is 0 Å². The molecule has 1 heterocycles. The predicted molar refractivity (Wildman–Crippen MR) is 144 cm³/mol. The molecule has 3 aromatic rings. The molecule has 1 aliphatic heterocycles. The van der Waals surface area contributed by atoms with Gasteiger partial charge in [0, 0.05) is 30.4 Å². The maximum atomic E-state index is 12.7. The highest BCUT2D eigenvalue weighted by molar-refractivity contribution is 6.39. The molecule has 0 aromatic heterocycles. The fourth-order valence-corrected chi connectivity index (χ4v) is 4.76. The molecule has 188 valence electrons. The highest BCUT2D eigenvalue weighted by Crippen LogP contribution is 2.31. The second-order valence-corrected chi connectivity index (χ2v) is 9.80. The molecule has 3 amide bonds. The third-order valence-electron chi connectivity index (χ3n) is 6.69. The average Bonchev–Trinajstić information content (AvgIpc) is 2.87. The van der Waals surface area contributed by atoms with Gasteiger partial charge < -0.3 is 20.4 Å². The van der Waals surface area contributed by atoms with Crippen molar-refractivity contribution < 1.29 is 14.4 Å². The summed E-state index contributed by atoms with van der Waals surface area (Å²) in [6.07, 6.45) is 1.79. The molecular formula is C29H34N4O3. The number of carbonyl (C=O) groups excluding carboxylic acids is 3. The van der Waals surface area contributed by atoms with Crippen LogP contribution in [0, 0.1) is 5.92 Å². The quantitative estimate of drug-likeness (QED) is 0.514. The van der Waals surface area contributed by atoms with Crippen LogP contribution >= 0.6 is 0 Å². The Morgan fingerprint density at radius 1 is 0.972 bits per heavy atom. The van der Waals surface area contributed by atoms with Gasteiger partial charge in [0.1, 0.15) is 0 Å². The van der Waals surface area contributed by atoms with E-state index in [1.807, 2.05) is 57.1 Å². The van der Waals surface area contributed by atoms with Crippen molar-refractivity contribution in [2.75, 3.05) is 37.4 Å². The molecule has 36 heavy (non-hydrogen) atoms. The number of carbonyl (C=O) groups is 3. The fraction of sp³-hybridized carbons (Fsp3) is 0.345. The zero-order chi connectivity index (χ0) is 25.8. The van der Waals surface area contributed by atoms with Crippen molar-refractivity contribution in [1.82, 2.24) is 10.2 Å². The third-order valence-corrected chi connectivity index (χ3v) is 6.69. The van der Waals surface area contributed by atoms with Crippen molar-refractivity contribution in [3.05, 3.63) is 71.8 Å². The second kappa shape index (κ2) is 10.9. The lowest BCUT2D eigenvalue weighted by atomic mass is 9.98. The summed E-state index contributed by atoms with van der Waals surface area (Å²) >= 11 is 0. The third kappa shape index (κ3) is 5.41. The lowest BCUT2D eigenvalue weighted by molar-refractivity contribution is -0.136. The van der Waals surface area contributed by atoms with Crippen LogP contribution in [0.5, 0.6) is 0 Å². The first-order valence-electron chi connectivity index (χ1n) is 12.4. The van der Waals surface area contributed by atoms with Crippen LogP contribution in [0.25, 0.3) is 10.8 Å². The summed E-state index contributed by atoms with van der Waals surface area (Å²) in [6, 6.07) is 19.6. The molecule has 7 heteroatoms. The Kier molecular flexibility index (Phi) is 7.70. The Hall–Kier alpha value is -3.71. The van der Waals surface area contributed by atoms with E-state index in [2.05, 4.69) is 34.9 Å². The highest BCUT2D eigenvalue weighted by Gasteiger charge is 2.25. The number of hydrogen-bond donors (Lipinski definition) is 2. The average molecular weight is 487 g/mol. The van der Waals surface area contributed by atoms with Crippen molar-refractivity contribution in [2.24, 2.45) is 5.92 Å². The standard InChI is InChI=1S/C29H34N4O3/c1-19(2)29(36)33-16-8-11-21-14-15-22(17-25(21)33)31-28(35)27(34)30-18-26(32(3)4)24-13-7-10-20-9-5-6-12-23(20)24/h5-7,9-10,12-15,17,19,26H,8,11,16,18H2,1-4H3,(H,30,34)(H,31,35). The van der Waals surface area contributed by atoms with E-state index >= 15 is 0 Å². The lowest BCUT2D eigenvalue weighted by Crippen LogP contribution is -2.40. The molecule has 0 spiro atoms. The summed E-state index contributed by atoms with van der Waals surface area (Å²) in [5.74, 6) is -1.50. The summed E-state index contributed by atoms with van der Waals surface area (Å²) in [5.41, 5.74) is 3.46. The number of nitrogens with zero attached hydrogens (tertiary/aromatic N) is 2. The molecule has 1 atom stereocenters. The number of rotatable bonds is 6. The highest BCUT2D eigenvalue weighted by atomic mass is 16.2. The molecular weight excluding hydrogens is 452 g/mol. The van der Waals surface area contributed by atoms with E-state index in [0.717, 1.165) is 40.4 Å². The topological polar surface area (TPSA) is 81.8 Å². The Morgan fingerprint density at radius 3 is 2.47 bits per heavy atom. The molecule has 0 saturated carbocycles. The summed E-state index contributed by atoms with van der Waals surface area (Å²) in [6.45, 7) is 4.70. The number of anilines is 2. The molecule has 2 N–H and O–H groups in total. The molecule has 7 nitrogen and oxygen atoms in total.